The summed E-state index contributed by atoms with van der Waals surface area (Å²) in [5.41, 5.74) is 0.986. The molecule has 4 rings (SSSR count). The highest BCUT2D eigenvalue weighted by Gasteiger charge is 2.29. The first-order valence-electron chi connectivity index (χ1n) is 7.12. The topological polar surface area (TPSA) is 62.4 Å². The molecule has 0 aromatic carbocycles. The van der Waals surface area contributed by atoms with Crippen LogP contribution in [0.2, 0.25) is 0 Å². The van der Waals surface area contributed by atoms with Crippen LogP contribution in [0.15, 0.2) is 27.7 Å². The molecule has 0 aliphatic heterocycles. The zero-order valence-corrected chi connectivity index (χ0v) is 13.3. The number of aromatic amines is 1. The van der Waals surface area contributed by atoms with Crippen molar-refractivity contribution >= 4 is 32.9 Å². The van der Waals surface area contributed by atoms with Crippen LogP contribution in [-0.2, 0) is 0 Å². The molecular weight excluding hydrogens is 302 g/mol. The molecule has 1 atom stereocenters. The van der Waals surface area contributed by atoms with Gasteiger partial charge in [-0.3, -0.25) is 4.79 Å². The molecule has 6 heteroatoms. The number of nitrogens with one attached hydrogen (secondary N) is 1. The highest BCUT2D eigenvalue weighted by molar-refractivity contribution is 7.18. The molecule has 3 heterocycles. The molecule has 108 valence electrons. The first kappa shape index (κ1) is 13.2. The van der Waals surface area contributed by atoms with E-state index in [2.05, 4.69) is 22.2 Å². The fourth-order valence-electron chi connectivity index (χ4n) is 2.58. The molecule has 0 amide bonds. The number of nitrogens with zero attached hydrogens (tertiary/aromatic N) is 1. The number of rotatable bonds is 4. The van der Waals surface area contributed by atoms with Gasteiger partial charge in [-0.15, -0.1) is 22.7 Å². The van der Waals surface area contributed by atoms with Gasteiger partial charge in [0.15, 0.2) is 5.82 Å². The first-order valence-corrected chi connectivity index (χ1v) is 8.88. The lowest BCUT2D eigenvalue weighted by Crippen LogP contribution is -2.86. The zero-order chi connectivity index (χ0) is 14.4. The zero-order valence-electron chi connectivity index (χ0n) is 11.6. The number of nitrogens with two attached hydrogens (primary N) is 1. The Kier molecular flexibility index (Phi) is 3.17. The van der Waals surface area contributed by atoms with Crippen LogP contribution < -0.4 is 10.9 Å². The van der Waals surface area contributed by atoms with Crippen molar-refractivity contribution in [1.82, 2.24) is 9.97 Å². The smallest absolute Gasteiger partial charge is 0.260 e. The van der Waals surface area contributed by atoms with E-state index in [-0.39, 0.29) is 11.6 Å². The van der Waals surface area contributed by atoms with Gasteiger partial charge in [-0.25, -0.2) is 4.98 Å². The molecule has 0 bridgehead atoms. The summed E-state index contributed by atoms with van der Waals surface area (Å²) < 4.78 is 0. The third-order valence-corrected chi connectivity index (χ3v) is 5.64. The van der Waals surface area contributed by atoms with Crippen LogP contribution in [-0.4, -0.2) is 16.0 Å². The number of thiophene rings is 2. The highest BCUT2D eigenvalue weighted by atomic mass is 32.1. The molecule has 1 aliphatic carbocycles. The number of quaternary nitrogens is 1. The Bertz CT molecular complexity index is 830. The van der Waals surface area contributed by atoms with Crippen LogP contribution in [0.5, 0.6) is 0 Å². The Labute approximate surface area is 129 Å². The fraction of sp³-hybridized carbons (Fsp3) is 0.333. The predicted molar refractivity (Wildman–Crippen MR) is 86.9 cm³/mol. The third kappa shape index (κ3) is 2.43. The van der Waals surface area contributed by atoms with Crippen molar-refractivity contribution < 1.29 is 5.32 Å². The van der Waals surface area contributed by atoms with Crippen molar-refractivity contribution in [2.75, 3.05) is 0 Å². The second-order valence-corrected chi connectivity index (χ2v) is 7.38. The van der Waals surface area contributed by atoms with Gasteiger partial charge in [0.05, 0.1) is 11.4 Å². The van der Waals surface area contributed by atoms with E-state index < -0.39 is 0 Å². The van der Waals surface area contributed by atoms with Crippen LogP contribution in [0, 0.1) is 0 Å². The minimum atomic E-state index is -0.0179. The van der Waals surface area contributed by atoms with Crippen LogP contribution >= 0.6 is 22.7 Å². The summed E-state index contributed by atoms with van der Waals surface area (Å²) in [5.74, 6) is 0.791. The summed E-state index contributed by atoms with van der Waals surface area (Å²) in [6, 6.07) is 4.97. The van der Waals surface area contributed by atoms with Crippen molar-refractivity contribution in [3.8, 4) is 10.4 Å². The minimum absolute atomic E-state index is 0.0179. The van der Waals surface area contributed by atoms with E-state index in [1.807, 2.05) is 22.9 Å². The van der Waals surface area contributed by atoms with Gasteiger partial charge in [0.25, 0.3) is 5.56 Å². The second kappa shape index (κ2) is 5.05. The monoisotopic (exact) mass is 318 g/mol. The van der Waals surface area contributed by atoms with Gasteiger partial charge < -0.3 is 10.3 Å². The molecule has 1 saturated carbocycles. The number of H-pyrrole nitrogens is 1. The molecule has 1 fully saturated rings. The summed E-state index contributed by atoms with van der Waals surface area (Å²) in [6.07, 6.45) is 2.55. The van der Waals surface area contributed by atoms with E-state index in [1.165, 1.54) is 12.8 Å². The number of hydrogen-bond donors (Lipinski definition) is 2. The summed E-state index contributed by atoms with van der Waals surface area (Å²) in [4.78, 5) is 22.1. The van der Waals surface area contributed by atoms with E-state index in [0.717, 1.165) is 26.5 Å². The van der Waals surface area contributed by atoms with Gasteiger partial charge in [0.1, 0.15) is 10.9 Å². The van der Waals surface area contributed by atoms with E-state index in [1.54, 1.807) is 22.7 Å². The van der Waals surface area contributed by atoms with E-state index in [9.17, 15) is 4.79 Å². The lowest BCUT2D eigenvalue weighted by atomic mass is 10.2. The predicted octanol–water partition coefficient (Wildman–Crippen LogP) is 2.50. The third-order valence-electron chi connectivity index (χ3n) is 3.86. The van der Waals surface area contributed by atoms with Crippen molar-refractivity contribution in [3.05, 3.63) is 39.1 Å². The summed E-state index contributed by atoms with van der Waals surface area (Å²) in [5, 5.41) is 7.10. The van der Waals surface area contributed by atoms with Gasteiger partial charge in [-0.05, 0) is 18.4 Å². The molecule has 3 N–H and O–H groups in total. The molecule has 0 saturated heterocycles. The largest absolute Gasteiger partial charge is 0.335 e. The van der Waals surface area contributed by atoms with Gasteiger partial charge in [0, 0.05) is 28.7 Å². The second-order valence-electron chi connectivity index (χ2n) is 5.58. The molecule has 0 unspecified atom stereocenters. The number of aromatic nitrogens is 2. The Morgan fingerprint density at radius 3 is 3.00 bits per heavy atom. The Morgan fingerprint density at radius 2 is 2.29 bits per heavy atom. The van der Waals surface area contributed by atoms with Gasteiger partial charge >= 0.3 is 0 Å². The fourth-order valence-corrected chi connectivity index (χ4v) is 4.35. The molecule has 3 aromatic rings. The number of fused-ring (bicyclic) bond motifs is 1. The molecule has 1 aliphatic rings. The summed E-state index contributed by atoms with van der Waals surface area (Å²) in [7, 11) is 0. The van der Waals surface area contributed by atoms with Gasteiger partial charge in [0.2, 0.25) is 0 Å². The maximum atomic E-state index is 12.5. The van der Waals surface area contributed by atoms with Crippen molar-refractivity contribution in [2.45, 2.75) is 31.8 Å². The molecule has 3 aromatic heterocycles. The quantitative estimate of drug-likeness (QED) is 0.776. The molecule has 21 heavy (non-hydrogen) atoms. The van der Waals surface area contributed by atoms with E-state index in [0.29, 0.717) is 6.04 Å². The standard InChI is InChI=1S/C15H15N3OS2/c1-8(16-9-4-5-9)13-17-14(19)12-10(7-21-15(12)18-13)11-3-2-6-20-11/h2-3,6-9,16H,4-5H2,1H3,(H,17,18,19)/p+1/t8-/m1/s1. The van der Waals surface area contributed by atoms with Crippen LogP contribution in [0.4, 0.5) is 0 Å². The average Bonchev–Trinajstić information content (AvgIpc) is 2.97. The van der Waals surface area contributed by atoms with Gasteiger partial charge in [-0.1, -0.05) is 6.07 Å². The molecule has 4 nitrogen and oxygen atoms in total. The van der Waals surface area contributed by atoms with Gasteiger partial charge in [-0.2, -0.15) is 0 Å². The van der Waals surface area contributed by atoms with E-state index in [4.69, 9.17) is 0 Å². The number of hydrogen-bond acceptors (Lipinski definition) is 4. The summed E-state index contributed by atoms with van der Waals surface area (Å²) in [6.45, 7) is 2.11. The van der Waals surface area contributed by atoms with Crippen LogP contribution in [0.1, 0.15) is 31.6 Å². The minimum Gasteiger partial charge on any atom is -0.335 e. The first-order chi connectivity index (χ1) is 10.2. The SMILES string of the molecule is C[C@@H]([NH2+]C1CC1)c1nc2scc(-c3cccs3)c2c(=O)[nH]1. The maximum Gasteiger partial charge on any atom is 0.260 e. The Balaban J connectivity index is 1.79. The molecule has 0 radical (unpaired) electrons. The van der Waals surface area contributed by atoms with Crippen LogP contribution in [0.3, 0.4) is 0 Å². The van der Waals surface area contributed by atoms with Crippen molar-refractivity contribution in [1.29, 1.82) is 0 Å². The Hall–Kier alpha value is -1.50. The maximum absolute atomic E-state index is 12.5. The average molecular weight is 318 g/mol. The lowest BCUT2D eigenvalue weighted by Gasteiger charge is -2.09. The molecular formula is C15H16N3OS2+. The molecule has 0 spiro atoms. The van der Waals surface area contributed by atoms with Crippen LogP contribution in [0.25, 0.3) is 20.7 Å². The van der Waals surface area contributed by atoms with E-state index >= 15 is 0 Å². The highest BCUT2D eigenvalue weighted by Crippen LogP contribution is 2.33. The van der Waals surface area contributed by atoms with Crippen molar-refractivity contribution in [2.24, 2.45) is 0 Å². The normalized spacial score (nSPS) is 16.4. The van der Waals surface area contributed by atoms with Crippen molar-refractivity contribution in [3.63, 3.8) is 0 Å². The Morgan fingerprint density at radius 1 is 1.43 bits per heavy atom. The lowest BCUT2D eigenvalue weighted by molar-refractivity contribution is -0.706. The summed E-state index contributed by atoms with van der Waals surface area (Å²) >= 11 is 3.21.